The molecule has 0 aromatic heterocycles. The number of ether oxygens (including phenoxy) is 1. The van der Waals surface area contributed by atoms with Crippen molar-refractivity contribution in [3.8, 4) is 5.75 Å². The van der Waals surface area contributed by atoms with Crippen LogP contribution in [0.5, 0.6) is 5.75 Å². The van der Waals surface area contributed by atoms with Gasteiger partial charge in [0.25, 0.3) is 0 Å². The van der Waals surface area contributed by atoms with Gasteiger partial charge >= 0.3 is 0 Å². The summed E-state index contributed by atoms with van der Waals surface area (Å²) in [6.07, 6.45) is 0. The minimum Gasteiger partial charge on any atom is -0.503 e. The van der Waals surface area contributed by atoms with E-state index >= 15 is 0 Å². The van der Waals surface area contributed by atoms with Crippen molar-refractivity contribution in [1.29, 1.82) is 0 Å². The lowest BCUT2D eigenvalue weighted by atomic mass is 10.1. The first-order valence-corrected chi connectivity index (χ1v) is 6.54. The predicted octanol–water partition coefficient (Wildman–Crippen LogP) is 3.11. The summed E-state index contributed by atoms with van der Waals surface area (Å²) in [7, 11) is 1.64. The van der Waals surface area contributed by atoms with E-state index in [0.29, 0.717) is 25.3 Å². The van der Waals surface area contributed by atoms with Gasteiger partial charge in [0.15, 0.2) is 17.4 Å². The molecule has 0 aliphatic carbocycles. The van der Waals surface area contributed by atoms with Gasteiger partial charge in [-0.25, -0.2) is 8.78 Å². The molecule has 0 spiro atoms. The molecule has 2 aromatic rings. The van der Waals surface area contributed by atoms with Gasteiger partial charge in [-0.15, -0.1) is 0 Å². The molecule has 0 bridgehead atoms. The maximum atomic E-state index is 13.2. The largest absolute Gasteiger partial charge is 0.503 e. The number of benzene rings is 2. The van der Waals surface area contributed by atoms with E-state index in [4.69, 9.17) is 9.84 Å². The van der Waals surface area contributed by atoms with Crippen molar-refractivity contribution in [2.45, 2.75) is 19.7 Å². The number of phenols is 1. The van der Waals surface area contributed by atoms with Crippen LogP contribution >= 0.6 is 0 Å². The van der Waals surface area contributed by atoms with Crippen molar-refractivity contribution in [1.82, 2.24) is 5.32 Å². The van der Waals surface area contributed by atoms with Crippen molar-refractivity contribution < 1.29 is 18.6 Å². The fourth-order valence-electron chi connectivity index (χ4n) is 2.07. The summed E-state index contributed by atoms with van der Waals surface area (Å²) in [5.41, 5.74) is 2.57. The van der Waals surface area contributed by atoms with Gasteiger partial charge in [-0.05, 0) is 28.8 Å². The first-order valence-electron chi connectivity index (χ1n) is 6.54. The molecule has 2 aromatic carbocycles. The topological polar surface area (TPSA) is 41.5 Å². The molecule has 5 heteroatoms. The molecular formula is C16H17F2NO2. The molecule has 0 radical (unpaired) electrons. The van der Waals surface area contributed by atoms with Crippen LogP contribution in [0.15, 0.2) is 36.4 Å². The highest BCUT2D eigenvalue weighted by Gasteiger charge is 2.09. The zero-order valence-corrected chi connectivity index (χ0v) is 11.7. The summed E-state index contributed by atoms with van der Waals surface area (Å²) in [4.78, 5) is 0. The van der Waals surface area contributed by atoms with Gasteiger partial charge in [0.1, 0.15) is 0 Å². The molecule has 0 atom stereocenters. The van der Waals surface area contributed by atoms with Crippen molar-refractivity contribution >= 4 is 0 Å². The lowest BCUT2D eigenvalue weighted by Gasteiger charge is -2.08. The first-order chi connectivity index (χ1) is 10.1. The Bertz CT molecular complexity index is 594. The van der Waals surface area contributed by atoms with Crippen LogP contribution < -0.4 is 5.32 Å². The van der Waals surface area contributed by atoms with Gasteiger partial charge in [0.05, 0.1) is 6.61 Å². The number of phenolic OH excluding ortho intramolecular Hbond substituents is 1. The van der Waals surface area contributed by atoms with E-state index in [1.54, 1.807) is 7.11 Å². The molecule has 2 rings (SSSR count). The molecule has 0 fully saturated rings. The number of nitrogens with one attached hydrogen (secondary N) is 1. The quantitative estimate of drug-likeness (QED) is 0.860. The van der Waals surface area contributed by atoms with Gasteiger partial charge in [0, 0.05) is 20.2 Å². The molecule has 21 heavy (non-hydrogen) atoms. The Morgan fingerprint density at radius 1 is 1.00 bits per heavy atom. The van der Waals surface area contributed by atoms with Crippen molar-refractivity contribution in [3.05, 3.63) is 64.7 Å². The van der Waals surface area contributed by atoms with Crippen LogP contribution in [0.3, 0.4) is 0 Å². The molecular weight excluding hydrogens is 276 g/mol. The minimum absolute atomic E-state index is 0.308. The average Bonchev–Trinajstić information content (AvgIpc) is 2.45. The molecule has 0 amide bonds. The van der Waals surface area contributed by atoms with E-state index in [1.165, 1.54) is 0 Å². The maximum Gasteiger partial charge on any atom is 0.187 e. The molecule has 0 saturated carbocycles. The van der Waals surface area contributed by atoms with Crippen LogP contribution in [0.4, 0.5) is 8.78 Å². The molecule has 2 N–H and O–H groups in total. The molecule has 3 nitrogen and oxygen atoms in total. The second kappa shape index (κ2) is 7.15. The Labute approximate surface area is 122 Å². The Morgan fingerprint density at radius 2 is 1.62 bits per heavy atom. The standard InChI is InChI=1S/C16H17F2NO2/c1-21-10-12-4-2-3-11(5-12)8-19-9-13-6-14(17)16(20)15(18)7-13/h2-7,19-20H,8-10H2,1H3. The molecule has 0 unspecified atom stereocenters. The van der Waals surface area contributed by atoms with E-state index in [1.807, 2.05) is 24.3 Å². The third-order valence-electron chi connectivity index (χ3n) is 3.04. The predicted molar refractivity (Wildman–Crippen MR) is 75.7 cm³/mol. The van der Waals surface area contributed by atoms with Crippen LogP contribution in [-0.2, 0) is 24.4 Å². The number of rotatable bonds is 6. The van der Waals surface area contributed by atoms with Gasteiger partial charge in [-0.2, -0.15) is 0 Å². The second-order valence-corrected chi connectivity index (χ2v) is 4.76. The van der Waals surface area contributed by atoms with Gasteiger partial charge in [0.2, 0.25) is 0 Å². The lowest BCUT2D eigenvalue weighted by molar-refractivity contribution is 0.185. The van der Waals surface area contributed by atoms with E-state index < -0.39 is 17.4 Å². The summed E-state index contributed by atoms with van der Waals surface area (Å²) >= 11 is 0. The van der Waals surface area contributed by atoms with Crippen molar-refractivity contribution in [3.63, 3.8) is 0 Å². The van der Waals surface area contributed by atoms with Crippen LogP contribution in [0.2, 0.25) is 0 Å². The Hall–Kier alpha value is -1.98. The molecule has 0 heterocycles. The zero-order valence-electron chi connectivity index (χ0n) is 11.7. The zero-order chi connectivity index (χ0) is 15.2. The van der Waals surface area contributed by atoms with Crippen LogP contribution in [0.1, 0.15) is 16.7 Å². The highest BCUT2D eigenvalue weighted by molar-refractivity contribution is 5.30. The third kappa shape index (κ3) is 4.24. The summed E-state index contributed by atoms with van der Waals surface area (Å²) in [5.74, 6) is -2.84. The number of methoxy groups -OCH3 is 1. The highest BCUT2D eigenvalue weighted by atomic mass is 19.1. The summed E-state index contributed by atoms with van der Waals surface area (Å²) in [6.45, 7) is 1.42. The van der Waals surface area contributed by atoms with E-state index in [-0.39, 0.29) is 0 Å². The fraction of sp³-hybridized carbons (Fsp3) is 0.250. The molecule has 0 aliphatic rings. The van der Waals surface area contributed by atoms with E-state index in [0.717, 1.165) is 23.3 Å². The van der Waals surface area contributed by atoms with Crippen LogP contribution in [0, 0.1) is 11.6 Å². The van der Waals surface area contributed by atoms with Crippen molar-refractivity contribution in [2.24, 2.45) is 0 Å². The summed E-state index contributed by atoms with van der Waals surface area (Å²) < 4.78 is 31.5. The minimum atomic E-state index is -0.950. The normalized spacial score (nSPS) is 10.8. The Kier molecular flexibility index (Phi) is 5.25. The van der Waals surface area contributed by atoms with E-state index in [9.17, 15) is 8.78 Å². The molecule has 0 saturated heterocycles. The Morgan fingerprint density at radius 3 is 2.29 bits per heavy atom. The van der Waals surface area contributed by atoms with Gasteiger partial charge < -0.3 is 15.2 Å². The van der Waals surface area contributed by atoms with Crippen molar-refractivity contribution in [2.75, 3.05) is 7.11 Å². The summed E-state index contributed by atoms with van der Waals surface area (Å²) in [6, 6.07) is 10.1. The monoisotopic (exact) mass is 293 g/mol. The molecule has 0 aliphatic heterocycles. The molecule has 112 valence electrons. The number of hydrogen-bond acceptors (Lipinski definition) is 3. The van der Waals surface area contributed by atoms with Crippen LogP contribution in [-0.4, -0.2) is 12.2 Å². The summed E-state index contributed by atoms with van der Waals surface area (Å²) in [5, 5.41) is 12.1. The number of aromatic hydroxyl groups is 1. The highest BCUT2D eigenvalue weighted by Crippen LogP contribution is 2.21. The Balaban J connectivity index is 1.94. The SMILES string of the molecule is COCc1cccc(CNCc2cc(F)c(O)c(F)c2)c1. The van der Waals surface area contributed by atoms with E-state index in [2.05, 4.69) is 5.32 Å². The average molecular weight is 293 g/mol. The number of hydrogen-bond donors (Lipinski definition) is 2. The fourth-order valence-corrected chi connectivity index (χ4v) is 2.07. The lowest BCUT2D eigenvalue weighted by Crippen LogP contribution is -2.13. The van der Waals surface area contributed by atoms with Crippen LogP contribution in [0.25, 0.3) is 0 Å². The first kappa shape index (κ1) is 15.4. The number of halogens is 2. The third-order valence-corrected chi connectivity index (χ3v) is 3.04. The van der Waals surface area contributed by atoms with Gasteiger partial charge in [-0.1, -0.05) is 24.3 Å². The maximum absolute atomic E-state index is 13.2. The second-order valence-electron chi connectivity index (χ2n) is 4.76. The smallest absolute Gasteiger partial charge is 0.187 e. The van der Waals surface area contributed by atoms with Gasteiger partial charge in [-0.3, -0.25) is 0 Å².